The average molecular weight is 412 g/mol. The number of hydrogen-bond donors (Lipinski definition) is 0. The molecule has 2 atom stereocenters. The lowest BCUT2D eigenvalue weighted by Crippen LogP contribution is -2.42. The van der Waals surface area contributed by atoms with Gasteiger partial charge in [0.15, 0.2) is 0 Å². The van der Waals surface area contributed by atoms with Gasteiger partial charge in [-0.05, 0) is 24.3 Å². The Morgan fingerprint density at radius 1 is 1.03 bits per heavy atom. The molecule has 2 heterocycles. The molecule has 0 radical (unpaired) electrons. The Kier molecular flexibility index (Phi) is 4.72. The minimum absolute atomic E-state index is 0.0453. The summed E-state index contributed by atoms with van der Waals surface area (Å²) >= 11 is 0. The smallest absolute Gasteiger partial charge is 0.355 e. The number of hydrogen-bond acceptors (Lipinski definition) is 5. The van der Waals surface area contributed by atoms with Crippen molar-refractivity contribution in [3.05, 3.63) is 65.7 Å². The Hall–Kier alpha value is -3.42. The van der Waals surface area contributed by atoms with Crippen LogP contribution in [0.2, 0.25) is 0 Å². The summed E-state index contributed by atoms with van der Waals surface area (Å²) in [5, 5.41) is 0. The summed E-state index contributed by atoms with van der Waals surface area (Å²) in [5.41, 5.74) is -2.68. The summed E-state index contributed by atoms with van der Waals surface area (Å²) in [4.78, 5) is 43.7. The van der Waals surface area contributed by atoms with E-state index >= 15 is 0 Å². The largest absolute Gasteiger partial charge is 0.427 e. The first-order valence-corrected chi connectivity index (χ1v) is 9.45. The van der Waals surface area contributed by atoms with E-state index in [-0.39, 0.29) is 5.71 Å². The van der Waals surface area contributed by atoms with E-state index in [1.165, 1.54) is 0 Å². The number of carbonyl (C=O) groups is 3. The van der Waals surface area contributed by atoms with E-state index in [0.29, 0.717) is 5.69 Å². The number of esters is 1. The average Bonchev–Trinajstić information content (AvgIpc) is 3.20. The molecular formula is C22H18F2N2O4. The van der Waals surface area contributed by atoms with E-state index in [1.54, 1.807) is 44.2 Å². The fourth-order valence-electron chi connectivity index (χ4n) is 3.86. The second-order valence-electron chi connectivity index (χ2n) is 7.49. The van der Waals surface area contributed by atoms with Crippen molar-refractivity contribution in [2.24, 2.45) is 16.8 Å². The monoisotopic (exact) mass is 412 g/mol. The summed E-state index contributed by atoms with van der Waals surface area (Å²) < 4.78 is 35.0. The number of para-hydroxylation sites is 1. The van der Waals surface area contributed by atoms with Crippen LogP contribution in [0.4, 0.5) is 14.5 Å². The molecule has 0 bridgehead atoms. The highest BCUT2D eigenvalue weighted by atomic mass is 19.1. The molecule has 6 nitrogen and oxygen atoms in total. The van der Waals surface area contributed by atoms with Crippen LogP contribution < -0.4 is 4.90 Å². The number of cyclic esters (lactones) is 1. The summed E-state index contributed by atoms with van der Waals surface area (Å²) in [7, 11) is 0. The van der Waals surface area contributed by atoms with Crippen LogP contribution in [0.15, 0.2) is 53.5 Å². The number of amides is 2. The van der Waals surface area contributed by atoms with Crippen molar-refractivity contribution >= 4 is 29.2 Å². The summed E-state index contributed by atoms with van der Waals surface area (Å²) in [6.07, 6.45) is -0.413. The highest BCUT2D eigenvalue weighted by molar-refractivity contribution is 6.38. The van der Waals surface area contributed by atoms with Gasteiger partial charge >= 0.3 is 5.97 Å². The van der Waals surface area contributed by atoms with Gasteiger partial charge in [0.2, 0.25) is 17.5 Å². The first-order chi connectivity index (χ1) is 14.3. The predicted molar refractivity (Wildman–Crippen MR) is 103 cm³/mol. The molecule has 2 aromatic rings. The van der Waals surface area contributed by atoms with E-state index in [4.69, 9.17) is 4.74 Å². The molecule has 1 fully saturated rings. The highest BCUT2D eigenvalue weighted by Crippen LogP contribution is 2.47. The van der Waals surface area contributed by atoms with E-state index in [1.807, 2.05) is 0 Å². The number of ether oxygens (including phenoxy) is 1. The van der Waals surface area contributed by atoms with Crippen LogP contribution in [-0.2, 0) is 24.8 Å². The molecule has 2 amide bonds. The maximum atomic E-state index is 14.8. The molecule has 8 heteroatoms. The molecule has 4 rings (SSSR count). The lowest BCUT2D eigenvalue weighted by Gasteiger charge is -2.30. The van der Waals surface area contributed by atoms with E-state index in [2.05, 4.69) is 4.99 Å². The molecule has 0 N–H and O–H groups in total. The van der Waals surface area contributed by atoms with Gasteiger partial charge in [0, 0.05) is 12.3 Å². The second kappa shape index (κ2) is 7.12. The molecule has 0 aromatic heterocycles. The molecule has 0 saturated carbocycles. The van der Waals surface area contributed by atoms with Crippen LogP contribution >= 0.6 is 0 Å². The van der Waals surface area contributed by atoms with Crippen molar-refractivity contribution in [2.75, 3.05) is 4.90 Å². The van der Waals surface area contributed by atoms with Gasteiger partial charge in [0.05, 0.1) is 11.3 Å². The molecular weight excluding hydrogens is 394 g/mol. The topological polar surface area (TPSA) is 76.0 Å². The number of nitrogens with zero attached hydrogens (tertiary/aromatic N) is 2. The van der Waals surface area contributed by atoms with Crippen molar-refractivity contribution in [3.63, 3.8) is 0 Å². The minimum atomic E-state index is -2.29. The maximum Gasteiger partial charge on any atom is 0.355 e. The van der Waals surface area contributed by atoms with Crippen LogP contribution in [0.1, 0.15) is 25.8 Å². The zero-order valence-electron chi connectivity index (χ0n) is 16.3. The lowest BCUT2D eigenvalue weighted by molar-refractivity contribution is -0.157. The van der Waals surface area contributed by atoms with Gasteiger partial charge in [-0.3, -0.25) is 14.5 Å². The Morgan fingerprint density at radius 3 is 2.23 bits per heavy atom. The van der Waals surface area contributed by atoms with Crippen molar-refractivity contribution < 1.29 is 27.9 Å². The first kappa shape index (κ1) is 19.9. The van der Waals surface area contributed by atoms with Crippen LogP contribution in [0.5, 0.6) is 0 Å². The fourth-order valence-corrected chi connectivity index (χ4v) is 3.86. The molecule has 0 spiro atoms. The number of benzene rings is 2. The molecule has 0 unspecified atom stereocenters. The van der Waals surface area contributed by atoms with Gasteiger partial charge in [0.1, 0.15) is 23.3 Å². The lowest BCUT2D eigenvalue weighted by atomic mass is 9.87. The van der Waals surface area contributed by atoms with Gasteiger partial charge in [0.25, 0.3) is 0 Å². The second-order valence-corrected chi connectivity index (χ2v) is 7.49. The summed E-state index contributed by atoms with van der Waals surface area (Å²) in [6, 6.07) is 11.3. The molecule has 30 heavy (non-hydrogen) atoms. The number of halogens is 2. The van der Waals surface area contributed by atoms with Crippen LogP contribution in [0.25, 0.3) is 0 Å². The van der Waals surface area contributed by atoms with Gasteiger partial charge in [-0.25, -0.2) is 18.6 Å². The van der Waals surface area contributed by atoms with Crippen molar-refractivity contribution in [2.45, 2.75) is 26.0 Å². The minimum Gasteiger partial charge on any atom is -0.427 e. The number of aliphatic imine (C=N–C) groups is 1. The molecule has 2 aromatic carbocycles. The van der Waals surface area contributed by atoms with E-state index < -0.39 is 59.0 Å². The van der Waals surface area contributed by atoms with Crippen molar-refractivity contribution in [1.29, 1.82) is 0 Å². The third-order valence-corrected chi connectivity index (χ3v) is 5.25. The quantitative estimate of drug-likeness (QED) is 0.570. The Labute approximate surface area is 171 Å². The van der Waals surface area contributed by atoms with E-state index in [0.717, 1.165) is 23.1 Å². The number of imide groups is 1. The Bertz CT molecular complexity index is 1060. The van der Waals surface area contributed by atoms with E-state index in [9.17, 15) is 23.2 Å². The molecule has 0 aliphatic carbocycles. The first-order valence-electron chi connectivity index (χ1n) is 9.45. The number of anilines is 1. The predicted octanol–water partition coefficient (Wildman–Crippen LogP) is 3.35. The molecule has 2 aliphatic heterocycles. The zero-order valence-corrected chi connectivity index (χ0v) is 16.3. The van der Waals surface area contributed by atoms with Gasteiger partial charge < -0.3 is 4.74 Å². The fraction of sp³-hybridized carbons (Fsp3) is 0.273. The molecule has 154 valence electrons. The van der Waals surface area contributed by atoms with Gasteiger partial charge in [-0.2, -0.15) is 0 Å². The third-order valence-electron chi connectivity index (χ3n) is 5.25. The van der Waals surface area contributed by atoms with Crippen LogP contribution in [0, 0.1) is 23.5 Å². The van der Waals surface area contributed by atoms with Crippen molar-refractivity contribution in [3.8, 4) is 0 Å². The normalized spacial score (nSPS) is 23.9. The van der Waals surface area contributed by atoms with Crippen LogP contribution in [-0.4, -0.2) is 23.5 Å². The third kappa shape index (κ3) is 2.91. The van der Waals surface area contributed by atoms with Gasteiger partial charge in [-0.1, -0.05) is 38.1 Å². The van der Waals surface area contributed by atoms with Gasteiger partial charge in [-0.15, -0.1) is 0 Å². The zero-order chi connectivity index (χ0) is 21.6. The molecule has 2 aliphatic rings. The summed E-state index contributed by atoms with van der Waals surface area (Å²) in [5.74, 6) is -6.04. The maximum absolute atomic E-state index is 14.8. The standard InChI is InChI=1S/C22H18F2N2O4/c1-12(2)19-21(29)30-22(25-19,18-15(23)9-6-10-16(18)24)14-11-17(27)26(20(14)28)13-7-4-3-5-8-13/h3-10,12,14H,11H2,1-2H3/t14-,22+/m0/s1. The highest BCUT2D eigenvalue weighted by Gasteiger charge is 2.60. The van der Waals surface area contributed by atoms with Crippen LogP contribution in [0.3, 0.4) is 0 Å². The SMILES string of the molecule is CC(C)C1=N[C@](c2c(F)cccc2F)([C@H]2CC(=O)N(c3ccccc3)C2=O)OC1=O. The summed E-state index contributed by atoms with van der Waals surface area (Å²) in [6.45, 7) is 3.34. The Morgan fingerprint density at radius 2 is 1.67 bits per heavy atom. The molecule has 1 saturated heterocycles. The number of carbonyl (C=O) groups excluding carboxylic acids is 3. The Balaban J connectivity index is 1.90. The number of rotatable bonds is 4. The van der Waals surface area contributed by atoms with Crippen molar-refractivity contribution in [1.82, 2.24) is 0 Å².